The molecular weight excluding hydrogens is 394 g/mol. The van der Waals surface area contributed by atoms with E-state index in [1.54, 1.807) is 12.4 Å². The molecule has 0 aliphatic rings. The molecule has 1 amide bonds. The van der Waals surface area contributed by atoms with Gasteiger partial charge >= 0.3 is 0 Å². The van der Waals surface area contributed by atoms with E-state index in [1.807, 2.05) is 43.3 Å². The Bertz CT molecular complexity index is 931. The zero-order chi connectivity index (χ0) is 19.9. The summed E-state index contributed by atoms with van der Waals surface area (Å²) in [6.07, 6.45) is 4.41. The molecule has 0 spiro atoms. The number of benzene rings is 1. The largest absolute Gasteiger partial charge is 0.351 e. The fourth-order valence-corrected chi connectivity index (χ4v) is 3.80. The third kappa shape index (κ3) is 4.91. The summed E-state index contributed by atoms with van der Waals surface area (Å²) < 4.78 is 2.05. The predicted octanol–water partition coefficient (Wildman–Crippen LogP) is 4.20. The average molecular weight is 416 g/mol. The van der Waals surface area contributed by atoms with Crippen LogP contribution in [0.1, 0.15) is 25.8 Å². The maximum absolute atomic E-state index is 12.5. The van der Waals surface area contributed by atoms with Crippen LogP contribution in [0.15, 0.2) is 53.9 Å². The number of aromatic nitrogens is 4. The lowest BCUT2D eigenvalue weighted by Crippen LogP contribution is -2.30. The summed E-state index contributed by atoms with van der Waals surface area (Å²) in [5, 5.41) is 12.7. The summed E-state index contributed by atoms with van der Waals surface area (Å²) in [7, 11) is 0. The van der Waals surface area contributed by atoms with Gasteiger partial charge in [0.05, 0.1) is 5.25 Å². The SMILES string of the molecule is CCCn1c(S[C@H](C)C(=O)NCc2ccccc2Cl)nnc1-c1ccncc1. The molecule has 2 aromatic heterocycles. The molecule has 1 N–H and O–H groups in total. The van der Waals surface area contributed by atoms with Crippen molar-refractivity contribution in [2.45, 2.75) is 43.8 Å². The minimum absolute atomic E-state index is 0.0681. The number of nitrogens with one attached hydrogen (secondary N) is 1. The number of pyridine rings is 1. The third-order valence-corrected chi connectivity index (χ3v) is 5.61. The number of hydrogen-bond donors (Lipinski definition) is 1. The Morgan fingerprint density at radius 2 is 1.96 bits per heavy atom. The highest BCUT2D eigenvalue weighted by molar-refractivity contribution is 8.00. The van der Waals surface area contributed by atoms with Crippen LogP contribution in [-0.4, -0.2) is 30.9 Å². The monoisotopic (exact) mass is 415 g/mol. The van der Waals surface area contributed by atoms with E-state index >= 15 is 0 Å². The van der Waals surface area contributed by atoms with Gasteiger partial charge in [0.25, 0.3) is 0 Å². The number of thioether (sulfide) groups is 1. The van der Waals surface area contributed by atoms with Crippen molar-refractivity contribution in [2.24, 2.45) is 0 Å². The molecule has 0 saturated carbocycles. The number of halogens is 1. The zero-order valence-corrected chi connectivity index (χ0v) is 17.4. The molecule has 8 heteroatoms. The molecule has 1 atom stereocenters. The highest BCUT2D eigenvalue weighted by Crippen LogP contribution is 2.27. The molecule has 0 radical (unpaired) electrons. The second-order valence-electron chi connectivity index (χ2n) is 6.26. The fraction of sp³-hybridized carbons (Fsp3) is 0.300. The zero-order valence-electron chi connectivity index (χ0n) is 15.8. The van der Waals surface area contributed by atoms with Crippen LogP contribution < -0.4 is 5.32 Å². The van der Waals surface area contributed by atoms with Gasteiger partial charge in [-0.15, -0.1) is 10.2 Å². The first-order valence-corrected chi connectivity index (χ1v) is 10.4. The van der Waals surface area contributed by atoms with Gasteiger partial charge in [0.15, 0.2) is 11.0 Å². The molecular formula is C20H22ClN5OS. The Morgan fingerprint density at radius 1 is 1.21 bits per heavy atom. The fourth-order valence-electron chi connectivity index (χ4n) is 2.70. The Hall–Kier alpha value is -2.38. The average Bonchev–Trinajstić information content (AvgIpc) is 3.10. The van der Waals surface area contributed by atoms with Gasteiger partial charge in [-0.2, -0.15) is 0 Å². The summed E-state index contributed by atoms with van der Waals surface area (Å²) >= 11 is 7.55. The van der Waals surface area contributed by atoms with E-state index in [2.05, 4.69) is 32.0 Å². The van der Waals surface area contributed by atoms with Crippen LogP contribution in [0.5, 0.6) is 0 Å². The molecule has 28 heavy (non-hydrogen) atoms. The number of nitrogens with zero attached hydrogens (tertiary/aromatic N) is 4. The molecule has 3 aromatic rings. The summed E-state index contributed by atoms with van der Waals surface area (Å²) in [4.78, 5) is 16.6. The molecule has 3 rings (SSSR count). The summed E-state index contributed by atoms with van der Waals surface area (Å²) in [6, 6.07) is 11.3. The van der Waals surface area contributed by atoms with Gasteiger partial charge in [-0.25, -0.2) is 0 Å². The van der Waals surface area contributed by atoms with E-state index < -0.39 is 0 Å². The highest BCUT2D eigenvalue weighted by atomic mass is 35.5. The van der Waals surface area contributed by atoms with Crippen molar-refractivity contribution >= 4 is 29.3 Å². The normalized spacial score (nSPS) is 12.0. The van der Waals surface area contributed by atoms with Gasteiger partial charge in [0.1, 0.15) is 0 Å². The van der Waals surface area contributed by atoms with Crippen LogP contribution in [0, 0.1) is 0 Å². The van der Waals surface area contributed by atoms with Crippen LogP contribution in [0.3, 0.4) is 0 Å². The molecule has 0 unspecified atom stereocenters. The van der Waals surface area contributed by atoms with Gasteiger partial charge < -0.3 is 9.88 Å². The lowest BCUT2D eigenvalue weighted by Gasteiger charge is -2.14. The maximum Gasteiger partial charge on any atom is 0.233 e. The predicted molar refractivity (Wildman–Crippen MR) is 112 cm³/mol. The van der Waals surface area contributed by atoms with Crippen molar-refractivity contribution in [1.82, 2.24) is 25.1 Å². The topological polar surface area (TPSA) is 72.7 Å². The molecule has 0 bridgehead atoms. The summed E-state index contributed by atoms with van der Waals surface area (Å²) in [5.74, 6) is 0.719. The quantitative estimate of drug-likeness (QED) is 0.558. The molecule has 2 heterocycles. The first-order valence-electron chi connectivity index (χ1n) is 9.11. The van der Waals surface area contributed by atoms with Crippen molar-refractivity contribution in [3.63, 3.8) is 0 Å². The van der Waals surface area contributed by atoms with Crippen LogP contribution in [-0.2, 0) is 17.9 Å². The lowest BCUT2D eigenvalue weighted by molar-refractivity contribution is -0.120. The van der Waals surface area contributed by atoms with Crippen molar-refractivity contribution in [1.29, 1.82) is 0 Å². The Kier molecular flexibility index (Phi) is 7.06. The highest BCUT2D eigenvalue weighted by Gasteiger charge is 2.20. The molecule has 146 valence electrons. The Morgan fingerprint density at radius 3 is 2.68 bits per heavy atom. The van der Waals surface area contributed by atoms with E-state index in [0.29, 0.717) is 11.6 Å². The molecule has 1 aromatic carbocycles. The first kappa shape index (κ1) is 20.4. The van der Waals surface area contributed by atoms with Crippen molar-refractivity contribution in [2.75, 3.05) is 0 Å². The van der Waals surface area contributed by atoms with Gasteiger partial charge in [0, 0.05) is 36.1 Å². The van der Waals surface area contributed by atoms with Gasteiger partial charge in [-0.3, -0.25) is 9.78 Å². The van der Waals surface area contributed by atoms with Crippen molar-refractivity contribution in [3.8, 4) is 11.4 Å². The van der Waals surface area contributed by atoms with Crippen LogP contribution in [0.4, 0.5) is 0 Å². The summed E-state index contributed by atoms with van der Waals surface area (Å²) in [6.45, 7) is 5.14. The minimum atomic E-state index is -0.312. The minimum Gasteiger partial charge on any atom is -0.351 e. The Balaban J connectivity index is 1.69. The molecule has 6 nitrogen and oxygen atoms in total. The van der Waals surface area contributed by atoms with E-state index in [9.17, 15) is 4.79 Å². The summed E-state index contributed by atoms with van der Waals surface area (Å²) in [5.41, 5.74) is 1.85. The number of carbonyl (C=O) groups excluding carboxylic acids is 1. The van der Waals surface area contributed by atoms with E-state index in [-0.39, 0.29) is 11.2 Å². The van der Waals surface area contributed by atoms with Gasteiger partial charge in [0.2, 0.25) is 5.91 Å². The van der Waals surface area contributed by atoms with Gasteiger partial charge in [-0.1, -0.05) is 48.5 Å². The van der Waals surface area contributed by atoms with E-state index in [0.717, 1.165) is 35.1 Å². The van der Waals surface area contributed by atoms with Crippen LogP contribution in [0.2, 0.25) is 5.02 Å². The molecule has 0 saturated heterocycles. The molecule has 0 aliphatic carbocycles. The van der Waals surface area contributed by atoms with Crippen molar-refractivity contribution in [3.05, 3.63) is 59.4 Å². The van der Waals surface area contributed by atoms with Crippen LogP contribution in [0.25, 0.3) is 11.4 Å². The third-order valence-electron chi connectivity index (χ3n) is 4.16. The molecule has 0 aliphatic heterocycles. The number of carbonyl (C=O) groups is 1. The van der Waals surface area contributed by atoms with Crippen molar-refractivity contribution < 1.29 is 4.79 Å². The smallest absolute Gasteiger partial charge is 0.233 e. The first-order chi connectivity index (χ1) is 13.6. The van der Waals surface area contributed by atoms with E-state index in [1.165, 1.54) is 11.8 Å². The second-order valence-corrected chi connectivity index (χ2v) is 7.98. The lowest BCUT2D eigenvalue weighted by atomic mass is 10.2. The number of amides is 1. The van der Waals surface area contributed by atoms with Crippen LogP contribution >= 0.6 is 23.4 Å². The second kappa shape index (κ2) is 9.71. The number of rotatable bonds is 8. The standard InChI is InChI=1S/C20H22ClN5OS/c1-3-12-26-18(15-8-10-22-11-9-15)24-25-20(26)28-14(2)19(27)23-13-16-6-4-5-7-17(16)21/h4-11,14H,3,12-13H2,1-2H3,(H,23,27)/t14-/m1/s1. The maximum atomic E-state index is 12.5. The van der Waals surface area contributed by atoms with E-state index in [4.69, 9.17) is 11.6 Å². The van der Waals surface area contributed by atoms with Gasteiger partial charge in [-0.05, 0) is 37.1 Å². The Labute approximate surface area is 173 Å². The number of hydrogen-bond acceptors (Lipinski definition) is 5. The molecule has 0 fully saturated rings.